The zero-order valence-electron chi connectivity index (χ0n) is 30.4. The van der Waals surface area contributed by atoms with E-state index in [0.29, 0.717) is 27.1 Å². The molecule has 8 rings (SSSR count). The Kier molecular flexibility index (Phi) is 11.4. The molecule has 0 aliphatic carbocycles. The van der Waals surface area contributed by atoms with Crippen LogP contribution >= 0.6 is 26.0 Å². The highest BCUT2D eigenvalue weighted by atomic mass is 32.7. The molecule has 0 amide bonds. The van der Waals surface area contributed by atoms with Crippen molar-refractivity contribution in [2.75, 3.05) is 18.9 Å². The maximum atomic E-state index is 16.4. The Morgan fingerprint density at radius 1 is 0.932 bits per heavy atom. The van der Waals surface area contributed by atoms with Crippen molar-refractivity contribution in [2.45, 2.75) is 61.9 Å². The fourth-order valence-electron chi connectivity index (χ4n) is 6.45. The first-order chi connectivity index (χ1) is 28.2. The van der Waals surface area contributed by atoms with Crippen LogP contribution in [0.5, 0.6) is 5.75 Å². The summed E-state index contributed by atoms with van der Waals surface area (Å²) in [6.45, 7) is -4.57. The molecule has 3 aromatic heterocycles. The molecule has 3 aliphatic heterocycles. The predicted octanol–water partition coefficient (Wildman–Crippen LogP) is 3.92. The Labute approximate surface area is 334 Å². The van der Waals surface area contributed by atoms with Gasteiger partial charge < -0.3 is 24.8 Å². The number of hydrogen-bond acceptors (Lipinski definition) is 17. The smallest absolute Gasteiger partial charge is 0.423 e. The number of fused-ring (bicyclic) bond motifs is 4. The number of hydrogen-bond donors (Lipinski definition) is 3. The second kappa shape index (κ2) is 16.4. The molecule has 20 nitrogen and oxygen atoms in total. The van der Waals surface area contributed by atoms with Gasteiger partial charge in [0.05, 0.1) is 25.1 Å². The first kappa shape index (κ1) is 41.1. The number of phosphoric acid groups is 1. The number of rotatable bonds is 7. The summed E-state index contributed by atoms with van der Waals surface area (Å²) >= 11 is 0.574. The Morgan fingerprint density at radius 3 is 2.41 bits per heavy atom. The summed E-state index contributed by atoms with van der Waals surface area (Å²) in [4.78, 5) is 62.0. The first-order valence-corrected chi connectivity index (χ1v) is 22.2. The predicted molar refractivity (Wildman–Crippen MR) is 202 cm³/mol. The van der Waals surface area contributed by atoms with E-state index in [1.807, 2.05) is 11.9 Å². The van der Waals surface area contributed by atoms with Gasteiger partial charge in [0.25, 0.3) is 5.56 Å². The van der Waals surface area contributed by atoms with Crippen LogP contribution in [0.25, 0.3) is 11.2 Å². The topological polar surface area (TPSA) is 261 Å². The van der Waals surface area contributed by atoms with Gasteiger partial charge in [-0.1, -0.05) is 29.8 Å². The maximum absolute atomic E-state index is 16.4. The van der Waals surface area contributed by atoms with E-state index in [4.69, 9.17) is 38.0 Å². The molecule has 2 bridgehead atoms. The number of aromatic amines is 1. The van der Waals surface area contributed by atoms with E-state index in [1.54, 1.807) is 36.4 Å². The van der Waals surface area contributed by atoms with Crippen molar-refractivity contribution in [3.63, 3.8) is 0 Å². The second-order valence-corrected chi connectivity index (χ2v) is 18.9. The molecule has 3 aliphatic rings. The van der Waals surface area contributed by atoms with E-state index < -0.39 is 94.3 Å². The Balaban J connectivity index is 1.08. The number of esters is 1. The van der Waals surface area contributed by atoms with E-state index in [-0.39, 0.29) is 28.5 Å². The lowest BCUT2D eigenvalue weighted by Gasteiger charge is -2.27. The molecule has 4 N–H and O–H groups in total. The van der Waals surface area contributed by atoms with Crippen LogP contribution in [0.15, 0.2) is 83.0 Å². The van der Waals surface area contributed by atoms with Crippen LogP contribution in [-0.4, -0.2) is 89.9 Å². The third kappa shape index (κ3) is 8.67. The van der Waals surface area contributed by atoms with Gasteiger partial charge in [0, 0.05) is 18.0 Å². The van der Waals surface area contributed by atoms with Crippen LogP contribution in [0, 0.1) is 6.92 Å². The van der Waals surface area contributed by atoms with Gasteiger partial charge in [0.2, 0.25) is 0 Å². The van der Waals surface area contributed by atoms with Crippen molar-refractivity contribution in [3.8, 4) is 5.75 Å². The average molecular weight is 880 g/mol. The number of nitrogens with two attached hydrogens (primary N) is 1. The molecule has 6 heterocycles. The number of carbonyl (C=O) groups is 1. The summed E-state index contributed by atoms with van der Waals surface area (Å²) in [7, 11) is -5.27. The van der Waals surface area contributed by atoms with Gasteiger partial charge in [0.15, 0.2) is 36.3 Å². The highest BCUT2D eigenvalue weighted by Gasteiger charge is 2.55. The Hall–Kier alpha value is -4.67. The minimum atomic E-state index is -5.27. The van der Waals surface area contributed by atoms with Crippen LogP contribution in [0.1, 0.15) is 33.9 Å². The zero-order chi connectivity index (χ0) is 41.6. The fraction of sp³-hybridized carbons (Fsp3) is 0.353. The van der Waals surface area contributed by atoms with Gasteiger partial charge in [-0.15, -0.1) is 0 Å². The summed E-state index contributed by atoms with van der Waals surface area (Å²) in [6.07, 6.45) is -11.8. The lowest BCUT2D eigenvalue weighted by molar-refractivity contribution is -0.0640. The third-order valence-electron chi connectivity index (χ3n) is 9.43. The van der Waals surface area contributed by atoms with Crippen LogP contribution < -0.4 is 21.7 Å². The number of phosphoric ester groups is 1. The van der Waals surface area contributed by atoms with Gasteiger partial charge in [-0.25, -0.2) is 42.5 Å². The SMILES string of the molecule is Cc1ccc(C(=O)Oc2ccc(CS[P@@]3(=O)OC[C@H]4O[C@@H](n5cnc6c(N)ncnc65)[C@H](OP(=O)(O)OC[C@H]5O[C@@H](n6ccc(=O)[nH]c6=O)[C@H](F)[C@@H]5O3)[C@@H]4F)cc2)cc1. The van der Waals surface area contributed by atoms with E-state index in [1.165, 1.54) is 23.0 Å². The van der Waals surface area contributed by atoms with E-state index in [2.05, 4.69) is 15.0 Å². The molecule has 312 valence electrons. The van der Waals surface area contributed by atoms with Crippen LogP contribution in [0.4, 0.5) is 14.6 Å². The lowest BCUT2D eigenvalue weighted by Crippen LogP contribution is -2.36. The Bertz CT molecular complexity index is 2580. The molecular formula is C34H33F2N7O13P2S. The summed E-state index contributed by atoms with van der Waals surface area (Å²) in [5.41, 5.74) is 6.04. The second-order valence-electron chi connectivity index (χ2n) is 13.4. The molecule has 2 aromatic carbocycles. The number of H-pyrrole nitrogens is 1. The molecular weight excluding hydrogens is 846 g/mol. The highest BCUT2D eigenvalue weighted by molar-refractivity contribution is 8.54. The lowest BCUT2D eigenvalue weighted by atomic mass is 10.1. The van der Waals surface area contributed by atoms with Gasteiger partial charge in [-0.2, -0.15) is 0 Å². The minimum absolute atomic E-state index is 0.0214. The summed E-state index contributed by atoms with van der Waals surface area (Å²) in [5.74, 6) is -0.522. The summed E-state index contributed by atoms with van der Waals surface area (Å²) in [5, 5.41) is 0. The molecule has 0 radical (unpaired) electrons. The van der Waals surface area contributed by atoms with Crippen molar-refractivity contribution in [1.29, 1.82) is 0 Å². The van der Waals surface area contributed by atoms with E-state index >= 15 is 8.78 Å². The fourth-order valence-corrected chi connectivity index (χ4v) is 10.8. The normalized spacial score (nSPS) is 31.2. The first-order valence-electron chi connectivity index (χ1n) is 17.6. The number of halogens is 2. The number of ether oxygens (including phenoxy) is 3. The Morgan fingerprint density at radius 2 is 1.66 bits per heavy atom. The zero-order valence-corrected chi connectivity index (χ0v) is 33.0. The van der Waals surface area contributed by atoms with Crippen molar-refractivity contribution in [1.82, 2.24) is 29.1 Å². The highest BCUT2D eigenvalue weighted by Crippen LogP contribution is 2.64. The standard InChI is InChI=1S/C34H33F2N7O13P2S/c1-17-2-6-19(7-3-17)33(45)52-20-8-4-18(5-9-20)14-59-58(49)51-12-21-24(35)28(32(53-21)43-16-40-26-29(37)38-15-39-30(26)43)55-57(47,48)50-13-22-27(56-58)25(36)31(54-22)42-11-10-23(44)41-34(42)46/h2-11,15-16,21-22,24-25,27-28,31-32H,12-14H2,1H3,(H,47,48)(H2,37,38,39)(H,41,44,46)/t21-,22-,24-,25-,27-,28-,31-,32-,58+/m1/s1. The minimum Gasteiger partial charge on any atom is -0.423 e. The van der Waals surface area contributed by atoms with Crippen molar-refractivity contribution in [3.05, 3.63) is 111 Å². The number of aryl methyl sites for hydroxylation is 1. The number of imidazole rings is 1. The number of benzene rings is 2. The summed E-state index contributed by atoms with van der Waals surface area (Å²) < 4.78 is 102. The molecule has 59 heavy (non-hydrogen) atoms. The molecule has 10 atom stereocenters. The molecule has 1 unspecified atom stereocenters. The number of anilines is 1. The maximum Gasteiger partial charge on any atom is 0.472 e. The van der Waals surface area contributed by atoms with Crippen molar-refractivity contribution in [2.24, 2.45) is 0 Å². The number of alkyl halides is 2. The summed E-state index contributed by atoms with van der Waals surface area (Å²) in [6, 6.07) is 13.9. The number of carbonyl (C=O) groups excluding carboxylic acids is 1. The molecule has 25 heteroatoms. The molecule has 0 saturated carbocycles. The monoisotopic (exact) mass is 879 g/mol. The van der Waals surface area contributed by atoms with E-state index in [9.17, 15) is 28.4 Å². The van der Waals surface area contributed by atoms with Gasteiger partial charge in [0.1, 0.15) is 42.0 Å². The van der Waals surface area contributed by atoms with Crippen LogP contribution in [-0.2, 0) is 42.5 Å². The number of nitrogen functional groups attached to an aromatic ring is 1. The van der Waals surface area contributed by atoms with Gasteiger partial charge in [-0.3, -0.25) is 37.0 Å². The average Bonchev–Trinajstić information content (AvgIpc) is 3.86. The molecule has 3 fully saturated rings. The number of aromatic nitrogens is 6. The van der Waals surface area contributed by atoms with Gasteiger partial charge in [-0.05, 0) is 48.1 Å². The quantitative estimate of drug-likeness (QED) is 0.119. The largest absolute Gasteiger partial charge is 0.472 e. The molecule has 5 aromatic rings. The number of nitrogens with zero attached hydrogens (tertiary/aromatic N) is 5. The van der Waals surface area contributed by atoms with Crippen LogP contribution in [0.2, 0.25) is 0 Å². The van der Waals surface area contributed by atoms with Crippen molar-refractivity contribution < 1.29 is 59.9 Å². The van der Waals surface area contributed by atoms with E-state index in [0.717, 1.165) is 24.2 Å². The molecule has 0 spiro atoms. The molecule has 3 saturated heterocycles. The van der Waals surface area contributed by atoms with Crippen LogP contribution in [0.3, 0.4) is 0 Å². The van der Waals surface area contributed by atoms with Gasteiger partial charge >= 0.3 is 26.3 Å². The third-order valence-corrected chi connectivity index (χ3v) is 14.1. The van der Waals surface area contributed by atoms with Crippen molar-refractivity contribution >= 4 is 49.0 Å². The number of nitrogens with one attached hydrogen (secondary N) is 1.